The summed E-state index contributed by atoms with van der Waals surface area (Å²) in [5.41, 5.74) is 1.17. The zero-order valence-corrected chi connectivity index (χ0v) is 17.2. The fourth-order valence-corrected chi connectivity index (χ4v) is 3.14. The topological polar surface area (TPSA) is 80.3 Å². The number of alkyl carbamates (subject to hydrolysis) is 1. The number of carbonyl (C=O) groups excluding carboxylic acids is 2. The van der Waals surface area contributed by atoms with Crippen molar-refractivity contribution in [2.45, 2.75) is 52.7 Å². The van der Waals surface area contributed by atoms with E-state index in [2.05, 4.69) is 15.6 Å². The Morgan fingerprint density at radius 2 is 1.85 bits per heavy atom. The van der Waals surface area contributed by atoms with E-state index in [1.165, 1.54) is 11.3 Å². The third kappa shape index (κ3) is 7.02. The number of ether oxygens (including phenoxy) is 1. The SMILES string of the molecule is CC(C)C[C@H](NC(=O)OC(C)(C)C)C(=O)Nc1nc(-c2ccccc2)cs1. The first-order chi connectivity index (χ1) is 12.6. The standard InChI is InChI=1S/C20H27N3O3S/c1-13(2)11-15(22-19(25)26-20(3,4)5)17(24)23-18-21-16(12-27-18)14-9-7-6-8-10-14/h6-10,12-13,15H,11H2,1-5H3,(H,22,25)(H,21,23,24)/t15-/m0/s1. The second-order valence-corrected chi connectivity index (χ2v) is 8.58. The van der Waals surface area contributed by atoms with E-state index >= 15 is 0 Å². The molecule has 7 heteroatoms. The Hall–Kier alpha value is -2.41. The summed E-state index contributed by atoms with van der Waals surface area (Å²) >= 11 is 1.35. The number of nitrogens with one attached hydrogen (secondary N) is 2. The normalized spacial score (nSPS) is 12.5. The smallest absolute Gasteiger partial charge is 0.408 e. The molecule has 6 nitrogen and oxygen atoms in total. The second-order valence-electron chi connectivity index (χ2n) is 7.72. The van der Waals surface area contributed by atoms with Gasteiger partial charge < -0.3 is 15.4 Å². The maximum Gasteiger partial charge on any atom is 0.408 e. The number of amides is 2. The lowest BCUT2D eigenvalue weighted by molar-refractivity contribution is -0.118. The van der Waals surface area contributed by atoms with Crippen LogP contribution in [0.15, 0.2) is 35.7 Å². The molecule has 1 heterocycles. The average molecular weight is 390 g/mol. The van der Waals surface area contributed by atoms with E-state index in [0.29, 0.717) is 11.6 Å². The predicted octanol–water partition coefficient (Wildman–Crippen LogP) is 4.69. The van der Waals surface area contributed by atoms with Crippen LogP contribution in [0.4, 0.5) is 9.93 Å². The van der Waals surface area contributed by atoms with Crippen LogP contribution < -0.4 is 10.6 Å². The molecule has 146 valence electrons. The Balaban J connectivity index is 2.05. The minimum Gasteiger partial charge on any atom is -0.444 e. The van der Waals surface area contributed by atoms with Gasteiger partial charge in [0.05, 0.1) is 5.69 Å². The van der Waals surface area contributed by atoms with Crippen molar-refractivity contribution < 1.29 is 14.3 Å². The van der Waals surface area contributed by atoms with Crippen molar-refractivity contribution in [2.75, 3.05) is 5.32 Å². The number of hydrogen-bond donors (Lipinski definition) is 2. The molecule has 0 fully saturated rings. The highest BCUT2D eigenvalue weighted by Crippen LogP contribution is 2.25. The largest absolute Gasteiger partial charge is 0.444 e. The summed E-state index contributed by atoms with van der Waals surface area (Å²) in [6.07, 6.45) is -0.102. The van der Waals surface area contributed by atoms with Gasteiger partial charge in [-0.05, 0) is 33.1 Å². The van der Waals surface area contributed by atoms with Gasteiger partial charge in [-0.15, -0.1) is 11.3 Å². The Kier molecular flexibility index (Phi) is 6.96. The summed E-state index contributed by atoms with van der Waals surface area (Å²) in [5.74, 6) is -0.0737. The van der Waals surface area contributed by atoms with E-state index in [1.54, 1.807) is 20.8 Å². The number of rotatable bonds is 6. The van der Waals surface area contributed by atoms with E-state index in [4.69, 9.17) is 4.74 Å². The Labute approximate surface area is 164 Å². The minimum absolute atomic E-state index is 0.229. The van der Waals surface area contributed by atoms with E-state index in [9.17, 15) is 9.59 Å². The highest BCUT2D eigenvalue weighted by atomic mass is 32.1. The number of hydrogen-bond acceptors (Lipinski definition) is 5. The van der Waals surface area contributed by atoms with Gasteiger partial charge in [0.25, 0.3) is 0 Å². The molecule has 2 N–H and O–H groups in total. The zero-order chi connectivity index (χ0) is 20.0. The van der Waals surface area contributed by atoms with Crippen LogP contribution in [0.5, 0.6) is 0 Å². The van der Waals surface area contributed by atoms with Gasteiger partial charge in [0, 0.05) is 10.9 Å². The fraction of sp³-hybridized carbons (Fsp3) is 0.450. The second kappa shape index (κ2) is 8.99. The van der Waals surface area contributed by atoms with E-state index in [0.717, 1.165) is 11.3 Å². The average Bonchev–Trinajstić information content (AvgIpc) is 3.01. The van der Waals surface area contributed by atoms with Gasteiger partial charge in [-0.25, -0.2) is 9.78 Å². The quantitative estimate of drug-likeness (QED) is 0.751. The first-order valence-electron chi connectivity index (χ1n) is 8.95. The van der Waals surface area contributed by atoms with Crippen LogP contribution in [0.25, 0.3) is 11.3 Å². The van der Waals surface area contributed by atoms with Gasteiger partial charge in [0.2, 0.25) is 5.91 Å². The molecule has 0 spiro atoms. The molecule has 0 saturated carbocycles. The molecule has 2 aromatic rings. The van der Waals surface area contributed by atoms with Gasteiger partial charge >= 0.3 is 6.09 Å². The van der Waals surface area contributed by atoms with Crippen molar-refractivity contribution in [1.82, 2.24) is 10.3 Å². The van der Waals surface area contributed by atoms with Gasteiger partial charge in [0.1, 0.15) is 11.6 Å². The van der Waals surface area contributed by atoms with Crippen molar-refractivity contribution in [2.24, 2.45) is 5.92 Å². The first kappa shape index (κ1) is 20.9. The molecule has 1 aromatic heterocycles. The molecule has 0 aliphatic carbocycles. The summed E-state index contributed by atoms with van der Waals surface area (Å²) in [6, 6.07) is 9.06. The van der Waals surface area contributed by atoms with Crippen LogP contribution in [-0.4, -0.2) is 28.6 Å². The van der Waals surface area contributed by atoms with E-state index in [1.807, 2.05) is 49.6 Å². The lowest BCUT2D eigenvalue weighted by Gasteiger charge is -2.23. The molecule has 0 aliphatic rings. The van der Waals surface area contributed by atoms with Crippen molar-refractivity contribution in [3.63, 3.8) is 0 Å². The zero-order valence-electron chi connectivity index (χ0n) is 16.4. The van der Waals surface area contributed by atoms with Crippen molar-refractivity contribution in [1.29, 1.82) is 0 Å². The third-order valence-corrected chi connectivity index (χ3v) is 4.28. The lowest BCUT2D eigenvalue weighted by Crippen LogP contribution is -2.46. The van der Waals surface area contributed by atoms with Gasteiger partial charge in [0.15, 0.2) is 5.13 Å². The maximum atomic E-state index is 12.7. The highest BCUT2D eigenvalue weighted by molar-refractivity contribution is 7.14. The minimum atomic E-state index is -0.691. The number of anilines is 1. The Morgan fingerprint density at radius 3 is 2.44 bits per heavy atom. The van der Waals surface area contributed by atoms with Crippen molar-refractivity contribution >= 4 is 28.5 Å². The fourth-order valence-electron chi connectivity index (χ4n) is 2.42. The monoisotopic (exact) mass is 389 g/mol. The molecule has 1 aromatic carbocycles. The van der Waals surface area contributed by atoms with Crippen LogP contribution in [0, 0.1) is 5.92 Å². The molecule has 0 radical (unpaired) electrons. The van der Waals surface area contributed by atoms with Crippen molar-refractivity contribution in [3.05, 3.63) is 35.7 Å². The summed E-state index contributed by atoms with van der Waals surface area (Å²) in [5, 5.41) is 7.86. The molecule has 0 aliphatic heterocycles. The summed E-state index contributed by atoms with van der Waals surface area (Å²) in [6.45, 7) is 9.34. The third-order valence-electron chi connectivity index (χ3n) is 3.52. The van der Waals surface area contributed by atoms with Crippen LogP contribution in [0.2, 0.25) is 0 Å². The molecular formula is C20H27N3O3S. The molecular weight excluding hydrogens is 362 g/mol. The molecule has 1 atom stereocenters. The summed E-state index contributed by atoms with van der Waals surface area (Å²) in [4.78, 5) is 29.2. The lowest BCUT2D eigenvalue weighted by atomic mass is 10.0. The summed E-state index contributed by atoms with van der Waals surface area (Å²) in [7, 11) is 0. The number of thiazole rings is 1. The first-order valence-corrected chi connectivity index (χ1v) is 9.83. The molecule has 27 heavy (non-hydrogen) atoms. The number of carbonyl (C=O) groups is 2. The predicted molar refractivity (Wildman–Crippen MR) is 109 cm³/mol. The van der Waals surface area contributed by atoms with Gasteiger partial charge in [-0.2, -0.15) is 0 Å². The maximum absolute atomic E-state index is 12.7. The van der Waals surface area contributed by atoms with E-state index in [-0.39, 0.29) is 11.8 Å². The molecule has 2 rings (SSSR count). The molecule has 0 unspecified atom stereocenters. The van der Waals surface area contributed by atoms with Gasteiger partial charge in [-0.3, -0.25) is 4.79 Å². The van der Waals surface area contributed by atoms with Crippen LogP contribution in [0.1, 0.15) is 41.0 Å². The Morgan fingerprint density at radius 1 is 1.19 bits per heavy atom. The molecule has 0 bridgehead atoms. The summed E-state index contributed by atoms with van der Waals surface area (Å²) < 4.78 is 5.27. The number of aromatic nitrogens is 1. The van der Waals surface area contributed by atoms with Crippen LogP contribution in [0.3, 0.4) is 0 Å². The van der Waals surface area contributed by atoms with Crippen LogP contribution in [-0.2, 0) is 9.53 Å². The van der Waals surface area contributed by atoms with Crippen LogP contribution >= 0.6 is 11.3 Å². The highest BCUT2D eigenvalue weighted by Gasteiger charge is 2.25. The van der Waals surface area contributed by atoms with Crippen molar-refractivity contribution in [3.8, 4) is 11.3 Å². The molecule has 2 amide bonds. The number of nitrogens with zero attached hydrogens (tertiary/aromatic N) is 1. The number of benzene rings is 1. The van der Waals surface area contributed by atoms with E-state index < -0.39 is 17.7 Å². The van der Waals surface area contributed by atoms with Gasteiger partial charge in [-0.1, -0.05) is 44.2 Å². The molecule has 0 saturated heterocycles. The Bertz CT molecular complexity index is 766.